The van der Waals surface area contributed by atoms with E-state index in [4.69, 9.17) is 9.47 Å². The molecule has 0 aliphatic heterocycles. The van der Waals surface area contributed by atoms with Crippen LogP contribution in [0.1, 0.15) is 75.9 Å². The number of unbranched alkanes of at least 4 members (excludes halogenated alkanes) is 1. The number of esters is 1. The molecule has 0 aliphatic rings. The van der Waals surface area contributed by atoms with E-state index in [-0.39, 0.29) is 6.42 Å². The SMILES string of the molecule is CCCC[C@@](O)(C(=O)O[C@H](c1ccccc1)[C@@H](OC(C)(C)C)c1ccccc1)c1ccccc1. The Balaban J connectivity index is 2.05. The van der Waals surface area contributed by atoms with Crippen molar-refractivity contribution in [3.8, 4) is 0 Å². The summed E-state index contributed by atoms with van der Waals surface area (Å²) in [6.45, 7) is 7.98. The van der Waals surface area contributed by atoms with Crippen LogP contribution in [-0.4, -0.2) is 16.7 Å². The average molecular weight is 461 g/mol. The number of carbonyl (C=O) groups is 1. The predicted molar refractivity (Wildman–Crippen MR) is 135 cm³/mol. The van der Waals surface area contributed by atoms with Crippen LogP contribution in [0.25, 0.3) is 0 Å². The zero-order chi connectivity index (χ0) is 24.6. The number of aliphatic hydroxyl groups is 1. The number of hydrogen-bond acceptors (Lipinski definition) is 4. The molecule has 0 bridgehead atoms. The molecule has 3 aromatic carbocycles. The van der Waals surface area contributed by atoms with Gasteiger partial charge in [-0.1, -0.05) is 104 Å². The Morgan fingerprint density at radius 2 is 1.26 bits per heavy atom. The highest BCUT2D eigenvalue weighted by Crippen LogP contribution is 2.40. The van der Waals surface area contributed by atoms with Gasteiger partial charge in [0, 0.05) is 0 Å². The second kappa shape index (κ2) is 11.5. The van der Waals surface area contributed by atoms with Crippen LogP contribution < -0.4 is 0 Å². The van der Waals surface area contributed by atoms with Crippen molar-refractivity contribution in [1.82, 2.24) is 0 Å². The predicted octanol–water partition coefficient (Wildman–Crippen LogP) is 6.91. The first-order chi connectivity index (χ1) is 16.2. The average Bonchev–Trinajstić information content (AvgIpc) is 2.85. The topological polar surface area (TPSA) is 55.8 Å². The maximum absolute atomic E-state index is 13.7. The minimum Gasteiger partial charge on any atom is -0.452 e. The summed E-state index contributed by atoms with van der Waals surface area (Å²) in [5.74, 6) is -0.667. The third-order valence-electron chi connectivity index (χ3n) is 5.73. The smallest absolute Gasteiger partial charge is 0.343 e. The normalized spacial score (nSPS) is 15.2. The molecule has 0 radical (unpaired) electrons. The van der Waals surface area contributed by atoms with Crippen LogP contribution in [0.2, 0.25) is 0 Å². The molecule has 0 unspecified atom stereocenters. The fourth-order valence-electron chi connectivity index (χ4n) is 4.00. The van der Waals surface area contributed by atoms with Crippen molar-refractivity contribution in [2.24, 2.45) is 0 Å². The van der Waals surface area contributed by atoms with Crippen LogP contribution in [0.3, 0.4) is 0 Å². The summed E-state index contributed by atoms with van der Waals surface area (Å²) in [4.78, 5) is 13.7. The summed E-state index contributed by atoms with van der Waals surface area (Å²) in [5.41, 5.74) is 0.00883. The second-order valence-corrected chi connectivity index (χ2v) is 9.63. The van der Waals surface area contributed by atoms with E-state index in [9.17, 15) is 9.90 Å². The summed E-state index contributed by atoms with van der Waals surface area (Å²) >= 11 is 0. The zero-order valence-electron chi connectivity index (χ0n) is 20.6. The van der Waals surface area contributed by atoms with E-state index in [1.54, 1.807) is 12.1 Å². The molecule has 0 saturated heterocycles. The first-order valence-corrected chi connectivity index (χ1v) is 12.0. The molecule has 3 rings (SSSR count). The molecule has 0 aliphatic carbocycles. The molecule has 0 amide bonds. The molecule has 4 nitrogen and oxygen atoms in total. The summed E-state index contributed by atoms with van der Waals surface area (Å²) in [5, 5.41) is 11.6. The maximum atomic E-state index is 13.7. The Hall–Kier alpha value is -2.95. The standard InChI is InChI=1S/C30H36O4/c1-5-6-22-30(32,25-20-14-9-15-21-25)28(31)33-26(23-16-10-7-11-17-23)27(34-29(2,3)4)24-18-12-8-13-19-24/h7-21,26-27,32H,5-6,22H2,1-4H3/t26-,27+,30+/m1/s1. The molecule has 0 aromatic heterocycles. The van der Waals surface area contributed by atoms with Gasteiger partial charge in [-0.25, -0.2) is 4.79 Å². The van der Waals surface area contributed by atoms with Gasteiger partial charge in [-0.15, -0.1) is 0 Å². The van der Waals surface area contributed by atoms with Crippen LogP contribution in [-0.2, 0) is 19.9 Å². The highest BCUT2D eigenvalue weighted by atomic mass is 16.6. The van der Waals surface area contributed by atoms with Crippen LogP contribution in [0.5, 0.6) is 0 Å². The van der Waals surface area contributed by atoms with Gasteiger partial charge < -0.3 is 14.6 Å². The lowest BCUT2D eigenvalue weighted by atomic mass is 9.88. The molecule has 4 heteroatoms. The minimum absolute atomic E-state index is 0.282. The molecule has 1 N–H and O–H groups in total. The molecule has 0 spiro atoms. The van der Waals surface area contributed by atoms with Gasteiger partial charge >= 0.3 is 5.97 Å². The van der Waals surface area contributed by atoms with Gasteiger partial charge in [0.15, 0.2) is 11.7 Å². The third kappa shape index (κ3) is 6.55. The highest BCUT2D eigenvalue weighted by Gasteiger charge is 2.42. The van der Waals surface area contributed by atoms with Crippen molar-refractivity contribution in [3.63, 3.8) is 0 Å². The highest BCUT2D eigenvalue weighted by molar-refractivity contribution is 5.81. The Morgan fingerprint density at radius 3 is 1.74 bits per heavy atom. The second-order valence-electron chi connectivity index (χ2n) is 9.63. The summed E-state index contributed by atoms with van der Waals surface area (Å²) < 4.78 is 12.7. The first kappa shape index (κ1) is 25.7. The molecule has 0 saturated carbocycles. The van der Waals surface area contributed by atoms with Crippen LogP contribution in [0.4, 0.5) is 0 Å². The monoisotopic (exact) mass is 460 g/mol. The van der Waals surface area contributed by atoms with E-state index < -0.39 is 29.4 Å². The van der Waals surface area contributed by atoms with Gasteiger partial charge in [0.25, 0.3) is 0 Å². The molecular weight excluding hydrogens is 424 g/mol. The van der Waals surface area contributed by atoms with Gasteiger partial charge in [0.1, 0.15) is 6.10 Å². The summed E-state index contributed by atoms with van der Waals surface area (Å²) in [7, 11) is 0. The van der Waals surface area contributed by atoms with E-state index >= 15 is 0 Å². The molecule has 0 fully saturated rings. The van der Waals surface area contributed by atoms with E-state index in [2.05, 4.69) is 0 Å². The maximum Gasteiger partial charge on any atom is 0.343 e. The zero-order valence-corrected chi connectivity index (χ0v) is 20.6. The number of hydrogen-bond donors (Lipinski definition) is 1. The quantitative estimate of drug-likeness (QED) is 0.334. The molecule has 3 atom stereocenters. The third-order valence-corrected chi connectivity index (χ3v) is 5.73. The largest absolute Gasteiger partial charge is 0.452 e. The van der Waals surface area contributed by atoms with Gasteiger partial charge in [-0.05, 0) is 50.3 Å². The fourth-order valence-corrected chi connectivity index (χ4v) is 4.00. The molecule has 0 heterocycles. The molecule has 34 heavy (non-hydrogen) atoms. The number of benzene rings is 3. The summed E-state index contributed by atoms with van der Waals surface area (Å²) in [6.07, 6.45) is 0.525. The Labute approximate surface area is 203 Å². The number of carbonyl (C=O) groups excluding carboxylic acids is 1. The van der Waals surface area contributed by atoms with Crippen molar-refractivity contribution in [2.75, 3.05) is 0 Å². The Kier molecular flexibility index (Phi) is 8.65. The lowest BCUT2D eigenvalue weighted by molar-refractivity contribution is -0.189. The fraction of sp³-hybridized carbons (Fsp3) is 0.367. The van der Waals surface area contributed by atoms with Gasteiger partial charge in [0.05, 0.1) is 5.60 Å². The molecule has 180 valence electrons. The van der Waals surface area contributed by atoms with Crippen LogP contribution >= 0.6 is 0 Å². The minimum atomic E-state index is -1.74. The lowest BCUT2D eigenvalue weighted by Gasteiger charge is -2.35. The van der Waals surface area contributed by atoms with Crippen molar-refractivity contribution >= 4 is 5.97 Å². The Bertz CT molecular complexity index is 1010. The van der Waals surface area contributed by atoms with E-state index in [1.807, 2.05) is 107 Å². The van der Waals surface area contributed by atoms with Gasteiger partial charge in [0.2, 0.25) is 0 Å². The van der Waals surface area contributed by atoms with E-state index in [0.717, 1.165) is 17.5 Å². The summed E-state index contributed by atoms with van der Waals surface area (Å²) in [6, 6.07) is 28.4. The van der Waals surface area contributed by atoms with Crippen LogP contribution in [0, 0.1) is 0 Å². The lowest BCUT2D eigenvalue weighted by Crippen LogP contribution is -2.39. The van der Waals surface area contributed by atoms with E-state index in [1.165, 1.54) is 0 Å². The van der Waals surface area contributed by atoms with Crippen molar-refractivity contribution in [2.45, 2.75) is 70.4 Å². The number of ether oxygens (including phenoxy) is 2. The number of rotatable bonds is 10. The Morgan fingerprint density at radius 1 is 0.794 bits per heavy atom. The van der Waals surface area contributed by atoms with Gasteiger partial charge in [-0.3, -0.25) is 0 Å². The molecular formula is C30H36O4. The van der Waals surface area contributed by atoms with Crippen molar-refractivity contribution in [3.05, 3.63) is 108 Å². The first-order valence-electron chi connectivity index (χ1n) is 12.0. The van der Waals surface area contributed by atoms with Crippen LogP contribution in [0.15, 0.2) is 91.0 Å². The molecule has 3 aromatic rings. The van der Waals surface area contributed by atoms with Gasteiger partial charge in [-0.2, -0.15) is 0 Å². The van der Waals surface area contributed by atoms with E-state index in [0.29, 0.717) is 12.0 Å². The van der Waals surface area contributed by atoms with Crippen molar-refractivity contribution < 1.29 is 19.4 Å². The van der Waals surface area contributed by atoms with Crippen molar-refractivity contribution in [1.29, 1.82) is 0 Å².